The summed E-state index contributed by atoms with van der Waals surface area (Å²) in [6.45, 7) is 0. The SMILES string of the molecule is CON(C)C(=O)C(N)c1cccs1. The highest BCUT2D eigenvalue weighted by Crippen LogP contribution is 2.18. The van der Waals surface area contributed by atoms with Crippen molar-refractivity contribution in [3.05, 3.63) is 22.4 Å². The van der Waals surface area contributed by atoms with Gasteiger partial charge in [0.25, 0.3) is 5.91 Å². The molecule has 0 fully saturated rings. The molecule has 1 rings (SSSR count). The molecule has 0 saturated heterocycles. The van der Waals surface area contributed by atoms with E-state index in [1.807, 2.05) is 17.5 Å². The van der Waals surface area contributed by atoms with Gasteiger partial charge in [-0.15, -0.1) is 11.3 Å². The minimum Gasteiger partial charge on any atom is -0.315 e. The van der Waals surface area contributed by atoms with Gasteiger partial charge in [0.2, 0.25) is 0 Å². The predicted molar refractivity (Wildman–Crippen MR) is 51.0 cm³/mol. The van der Waals surface area contributed by atoms with Crippen molar-refractivity contribution in [2.45, 2.75) is 6.04 Å². The molecule has 1 unspecified atom stereocenters. The fourth-order valence-electron chi connectivity index (χ4n) is 0.876. The summed E-state index contributed by atoms with van der Waals surface area (Å²) in [6, 6.07) is 3.07. The molecule has 72 valence electrons. The van der Waals surface area contributed by atoms with Crippen LogP contribution in [0.5, 0.6) is 0 Å². The first-order valence-corrected chi connectivity index (χ1v) is 4.65. The largest absolute Gasteiger partial charge is 0.315 e. The molecule has 0 aliphatic rings. The van der Waals surface area contributed by atoms with Crippen LogP contribution in [0.3, 0.4) is 0 Å². The van der Waals surface area contributed by atoms with Crippen LogP contribution in [0.1, 0.15) is 10.9 Å². The third kappa shape index (κ3) is 2.27. The number of hydroxylamine groups is 2. The van der Waals surface area contributed by atoms with Gasteiger partial charge >= 0.3 is 0 Å². The summed E-state index contributed by atoms with van der Waals surface area (Å²) in [4.78, 5) is 17.0. The fraction of sp³-hybridized carbons (Fsp3) is 0.375. The van der Waals surface area contributed by atoms with Crippen LogP contribution < -0.4 is 5.73 Å². The lowest BCUT2D eigenvalue weighted by Crippen LogP contribution is -2.34. The topological polar surface area (TPSA) is 55.6 Å². The zero-order chi connectivity index (χ0) is 9.84. The van der Waals surface area contributed by atoms with Crippen LogP contribution in [0.2, 0.25) is 0 Å². The monoisotopic (exact) mass is 200 g/mol. The molecule has 0 aromatic carbocycles. The molecular weight excluding hydrogens is 188 g/mol. The third-order valence-electron chi connectivity index (χ3n) is 1.70. The van der Waals surface area contributed by atoms with E-state index in [0.717, 1.165) is 9.94 Å². The average molecular weight is 200 g/mol. The Morgan fingerprint density at radius 3 is 2.92 bits per heavy atom. The molecule has 0 radical (unpaired) electrons. The second kappa shape index (κ2) is 4.36. The number of carbonyl (C=O) groups excluding carboxylic acids is 1. The van der Waals surface area contributed by atoms with Gasteiger partial charge in [0.15, 0.2) is 0 Å². The maximum atomic E-state index is 11.5. The number of thiophene rings is 1. The van der Waals surface area contributed by atoms with E-state index in [1.54, 1.807) is 0 Å². The lowest BCUT2D eigenvalue weighted by Gasteiger charge is -2.17. The van der Waals surface area contributed by atoms with Crippen molar-refractivity contribution in [1.82, 2.24) is 5.06 Å². The molecular formula is C8H12N2O2S. The molecule has 2 N–H and O–H groups in total. The maximum Gasteiger partial charge on any atom is 0.268 e. The molecule has 0 aliphatic carbocycles. The van der Waals surface area contributed by atoms with E-state index in [0.29, 0.717) is 0 Å². The Labute approximate surface area is 80.9 Å². The maximum absolute atomic E-state index is 11.5. The number of nitrogens with two attached hydrogens (primary N) is 1. The Balaban J connectivity index is 2.68. The molecule has 1 atom stereocenters. The van der Waals surface area contributed by atoms with Crippen LogP contribution in [-0.2, 0) is 9.63 Å². The summed E-state index contributed by atoms with van der Waals surface area (Å²) >= 11 is 1.46. The molecule has 1 aromatic rings. The number of amides is 1. The molecule has 4 nitrogen and oxygen atoms in total. The fourth-order valence-corrected chi connectivity index (χ4v) is 1.59. The number of rotatable bonds is 3. The normalized spacial score (nSPS) is 12.5. The van der Waals surface area contributed by atoms with Gasteiger partial charge in [0.1, 0.15) is 6.04 Å². The van der Waals surface area contributed by atoms with Gasteiger partial charge in [0.05, 0.1) is 7.11 Å². The molecule has 0 bridgehead atoms. The van der Waals surface area contributed by atoms with Crippen molar-refractivity contribution in [3.8, 4) is 0 Å². The first-order chi connectivity index (χ1) is 6.16. The average Bonchev–Trinajstić information content (AvgIpc) is 2.67. The lowest BCUT2D eigenvalue weighted by molar-refractivity contribution is -0.170. The van der Waals surface area contributed by atoms with E-state index in [-0.39, 0.29) is 5.91 Å². The molecule has 0 spiro atoms. The van der Waals surface area contributed by atoms with Gasteiger partial charge in [0, 0.05) is 11.9 Å². The smallest absolute Gasteiger partial charge is 0.268 e. The Bertz CT molecular complexity index is 274. The van der Waals surface area contributed by atoms with Gasteiger partial charge in [-0.3, -0.25) is 9.63 Å². The third-order valence-corrected chi connectivity index (χ3v) is 2.66. The van der Waals surface area contributed by atoms with Gasteiger partial charge in [-0.2, -0.15) is 0 Å². The van der Waals surface area contributed by atoms with E-state index < -0.39 is 6.04 Å². The van der Waals surface area contributed by atoms with Crippen LogP contribution >= 0.6 is 11.3 Å². The van der Waals surface area contributed by atoms with Crippen molar-refractivity contribution < 1.29 is 9.63 Å². The first kappa shape index (κ1) is 10.2. The quantitative estimate of drug-likeness (QED) is 0.733. The van der Waals surface area contributed by atoms with E-state index in [2.05, 4.69) is 0 Å². The van der Waals surface area contributed by atoms with Crippen LogP contribution in [0.25, 0.3) is 0 Å². The van der Waals surface area contributed by atoms with Crippen LogP contribution in [0.15, 0.2) is 17.5 Å². The second-order valence-corrected chi connectivity index (χ2v) is 3.49. The van der Waals surface area contributed by atoms with Crippen molar-refractivity contribution in [1.29, 1.82) is 0 Å². The van der Waals surface area contributed by atoms with E-state index in [9.17, 15) is 4.79 Å². The van der Waals surface area contributed by atoms with Crippen molar-refractivity contribution in [3.63, 3.8) is 0 Å². The summed E-state index contributed by atoms with van der Waals surface area (Å²) in [5.41, 5.74) is 5.70. The number of nitrogens with zero attached hydrogens (tertiary/aromatic N) is 1. The minimum atomic E-state index is -0.620. The van der Waals surface area contributed by atoms with Gasteiger partial charge in [-0.1, -0.05) is 6.07 Å². The highest BCUT2D eigenvalue weighted by atomic mass is 32.1. The standard InChI is InChI=1S/C8H12N2O2S/c1-10(12-2)8(11)7(9)6-4-3-5-13-6/h3-5,7H,9H2,1-2H3. The van der Waals surface area contributed by atoms with Gasteiger partial charge in [-0.05, 0) is 11.4 Å². The molecule has 1 aromatic heterocycles. The highest BCUT2D eigenvalue weighted by molar-refractivity contribution is 7.10. The molecule has 1 amide bonds. The first-order valence-electron chi connectivity index (χ1n) is 3.77. The van der Waals surface area contributed by atoms with Gasteiger partial charge < -0.3 is 5.73 Å². The number of likely N-dealkylation sites (N-methyl/N-ethyl adjacent to an activating group) is 1. The zero-order valence-electron chi connectivity index (χ0n) is 7.56. The molecule has 0 aliphatic heterocycles. The number of hydrogen-bond acceptors (Lipinski definition) is 4. The molecule has 13 heavy (non-hydrogen) atoms. The van der Waals surface area contributed by atoms with E-state index in [1.165, 1.54) is 25.5 Å². The van der Waals surface area contributed by atoms with E-state index >= 15 is 0 Å². The number of hydrogen-bond donors (Lipinski definition) is 1. The number of carbonyl (C=O) groups is 1. The van der Waals surface area contributed by atoms with E-state index in [4.69, 9.17) is 10.6 Å². The Morgan fingerprint density at radius 2 is 2.46 bits per heavy atom. The zero-order valence-corrected chi connectivity index (χ0v) is 8.38. The lowest BCUT2D eigenvalue weighted by atomic mass is 10.2. The summed E-state index contributed by atoms with van der Waals surface area (Å²) < 4.78 is 0. The highest BCUT2D eigenvalue weighted by Gasteiger charge is 2.20. The second-order valence-electron chi connectivity index (χ2n) is 2.51. The molecule has 5 heteroatoms. The summed E-state index contributed by atoms with van der Waals surface area (Å²) in [5, 5.41) is 3.01. The van der Waals surface area contributed by atoms with Crippen LogP contribution in [-0.4, -0.2) is 25.1 Å². The Hall–Kier alpha value is -0.910. The predicted octanol–water partition coefficient (Wildman–Crippen LogP) is 0.768. The van der Waals surface area contributed by atoms with Crippen LogP contribution in [0.4, 0.5) is 0 Å². The van der Waals surface area contributed by atoms with Crippen molar-refractivity contribution in [2.75, 3.05) is 14.2 Å². The minimum absolute atomic E-state index is 0.245. The summed E-state index contributed by atoms with van der Waals surface area (Å²) in [5.74, 6) is -0.245. The Morgan fingerprint density at radius 1 is 1.77 bits per heavy atom. The van der Waals surface area contributed by atoms with Gasteiger partial charge in [-0.25, -0.2) is 5.06 Å². The summed E-state index contributed by atoms with van der Waals surface area (Å²) in [6.07, 6.45) is 0. The Kier molecular flexibility index (Phi) is 3.41. The molecule has 0 saturated carbocycles. The van der Waals surface area contributed by atoms with Crippen LogP contribution in [0, 0.1) is 0 Å². The molecule has 1 heterocycles. The van der Waals surface area contributed by atoms with Crippen molar-refractivity contribution in [2.24, 2.45) is 5.73 Å². The van der Waals surface area contributed by atoms with Crippen molar-refractivity contribution >= 4 is 17.2 Å². The summed E-state index contributed by atoms with van der Waals surface area (Å²) in [7, 11) is 2.97.